The van der Waals surface area contributed by atoms with E-state index in [1.807, 2.05) is 56.3 Å². The smallest absolute Gasteiger partial charge is 0.323 e. The average molecular weight is 483 g/mol. The molecule has 36 heavy (non-hydrogen) atoms. The van der Waals surface area contributed by atoms with Crippen LogP contribution in [0.5, 0.6) is 11.5 Å². The van der Waals surface area contributed by atoms with Crippen LogP contribution in [-0.2, 0) is 0 Å². The molecular formula is C27H26N6O3. The molecule has 1 aliphatic rings. The Morgan fingerprint density at radius 3 is 2.08 bits per heavy atom. The molecule has 4 N–H and O–H groups in total. The number of fused-ring (bicyclic) bond motifs is 1. The molecule has 1 aliphatic heterocycles. The molecule has 0 radical (unpaired) electrons. The number of ether oxygens (including phenoxy) is 2. The van der Waals surface area contributed by atoms with Crippen LogP contribution in [0.1, 0.15) is 11.3 Å². The monoisotopic (exact) mass is 482 g/mol. The van der Waals surface area contributed by atoms with E-state index in [1.54, 1.807) is 30.3 Å². The van der Waals surface area contributed by atoms with Crippen molar-refractivity contribution in [2.45, 2.75) is 13.8 Å². The van der Waals surface area contributed by atoms with Crippen LogP contribution in [0.25, 0.3) is 0 Å². The number of anilines is 6. The van der Waals surface area contributed by atoms with Gasteiger partial charge < -0.3 is 30.7 Å². The average Bonchev–Trinajstić information content (AvgIpc) is 2.86. The van der Waals surface area contributed by atoms with Crippen molar-refractivity contribution in [2.75, 3.05) is 34.5 Å². The summed E-state index contributed by atoms with van der Waals surface area (Å²) in [5, 5.41) is 12.1. The summed E-state index contributed by atoms with van der Waals surface area (Å²) >= 11 is 0. The second kappa shape index (κ2) is 10.2. The maximum Gasteiger partial charge on any atom is 0.323 e. The molecule has 0 spiro atoms. The van der Waals surface area contributed by atoms with E-state index in [0.717, 1.165) is 17.1 Å². The Bertz CT molecular complexity index is 1370. The number of rotatable bonds is 6. The number of benzene rings is 3. The summed E-state index contributed by atoms with van der Waals surface area (Å²) < 4.78 is 11.1. The largest absolute Gasteiger partial charge is 0.486 e. The third-order valence-electron chi connectivity index (χ3n) is 5.38. The standard InChI is InChI=1S/C27H26N6O3/c1-17-3-5-19(6-4-17)29-25-15-18(2)28-26(33-25)30-20-7-9-21(10-8-20)31-27(34)32-22-11-12-23-24(16-22)36-14-13-35-23/h3-12,15-16H,13-14H2,1-2H3,(H2,31,32,34)(H2,28,29,30,33). The van der Waals surface area contributed by atoms with E-state index >= 15 is 0 Å². The minimum absolute atomic E-state index is 0.360. The summed E-state index contributed by atoms with van der Waals surface area (Å²) in [6, 6.07) is 22.2. The van der Waals surface area contributed by atoms with Crippen molar-refractivity contribution < 1.29 is 14.3 Å². The second-order valence-electron chi connectivity index (χ2n) is 8.35. The van der Waals surface area contributed by atoms with Crippen LogP contribution in [0.2, 0.25) is 0 Å². The molecule has 9 heteroatoms. The zero-order valence-electron chi connectivity index (χ0n) is 20.0. The number of hydrogen-bond acceptors (Lipinski definition) is 7. The molecule has 0 unspecified atom stereocenters. The van der Waals surface area contributed by atoms with Gasteiger partial charge in [0.25, 0.3) is 0 Å². The molecule has 2 heterocycles. The summed E-state index contributed by atoms with van der Waals surface area (Å²) in [4.78, 5) is 21.5. The third-order valence-corrected chi connectivity index (χ3v) is 5.38. The minimum Gasteiger partial charge on any atom is -0.486 e. The summed E-state index contributed by atoms with van der Waals surface area (Å²) in [6.45, 7) is 4.97. The van der Waals surface area contributed by atoms with Crippen molar-refractivity contribution in [3.8, 4) is 11.5 Å². The van der Waals surface area contributed by atoms with Gasteiger partial charge in [-0.3, -0.25) is 0 Å². The maximum absolute atomic E-state index is 12.4. The van der Waals surface area contributed by atoms with Gasteiger partial charge in [-0.2, -0.15) is 4.98 Å². The molecular weight excluding hydrogens is 456 g/mol. The number of nitrogens with zero attached hydrogens (tertiary/aromatic N) is 2. The maximum atomic E-state index is 12.4. The first-order valence-electron chi connectivity index (χ1n) is 11.5. The fourth-order valence-electron chi connectivity index (χ4n) is 3.65. The van der Waals surface area contributed by atoms with E-state index in [2.05, 4.69) is 31.2 Å². The van der Waals surface area contributed by atoms with Crippen molar-refractivity contribution in [3.63, 3.8) is 0 Å². The highest BCUT2D eigenvalue weighted by molar-refractivity contribution is 6.00. The highest BCUT2D eigenvalue weighted by Gasteiger charge is 2.13. The molecule has 0 saturated heterocycles. The molecule has 0 fully saturated rings. The number of nitrogens with one attached hydrogen (secondary N) is 4. The number of hydrogen-bond donors (Lipinski definition) is 4. The summed E-state index contributed by atoms with van der Waals surface area (Å²) in [7, 11) is 0. The van der Waals surface area contributed by atoms with Gasteiger partial charge in [-0.05, 0) is 62.4 Å². The first-order chi connectivity index (χ1) is 17.5. The molecule has 1 aromatic heterocycles. The lowest BCUT2D eigenvalue weighted by atomic mass is 10.2. The molecule has 5 rings (SSSR count). The van der Waals surface area contributed by atoms with Crippen LogP contribution in [0, 0.1) is 13.8 Å². The predicted molar refractivity (Wildman–Crippen MR) is 141 cm³/mol. The van der Waals surface area contributed by atoms with Crippen LogP contribution in [-0.4, -0.2) is 29.2 Å². The van der Waals surface area contributed by atoms with E-state index in [0.29, 0.717) is 47.9 Å². The van der Waals surface area contributed by atoms with E-state index in [-0.39, 0.29) is 6.03 Å². The van der Waals surface area contributed by atoms with E-state index in [4.69, 9.17) is 9.47 Å². The second-order valence-corrected chi connectivity index (χ2v) is 8.35. The first-order valence-corrected chi connectivity index (χ1v) is 11.5. The Morgan fingerprint density at radius 1 is 0.694 bits per heavy atom. The summed E-state index contributed by atoms with van der Waals surface area (Å²) in [6.07, 6.45) is 0. The molecule has 3 aromatic carbocycles. The van der Waals surface area contributed by atoms with Gasteiger partial charge in [-0.25, -0.2) is 9.78 Å². The number of aromatic nitrogens is 2. The Kier molecular flexibility index (Phi) is 6.53. The third kappa shape index (κ3) is 5.82. The normalized spacial score (nSPS) is 11.9. The van der Waals surface area contributed by atoms with Gasteiger partial charge in [0.1, 0.15) is 19.0 Å². The van der Waals surface area contributed by atoms with E-state index in [1.165, 1.54) is 5.56 Å². The fraction of sp³-hybridized carbons (Fsp3) is 0.148. The molecule has 2 amide bonds. The van der Waals surface area contributed by atoms with Gasteiger partial charge >= 0.3 is 6.03 Å². The highest BCUT2D eigenvalue weighted by Crippen LogP contribution is 2.32. The summed E-state index contributed by atoms with van der Waals surface area (Å²) in [5.41, 5.74) is 5.02. The van der Waals surface area contributed by atoms with Crippen molar-refractivity contribution in [1.82, 2.24) is 9.97 Å². The van der Waals surface area contributed by atoms with Crippen molar-refractivity contribution in [2.24, 2.45) is 0 Å². The number of carbonyl (C=O) groups is 1. The van der Waals surface area contributed by atoms with Gasteiger partial charge in [0.15, 0.2) is 11.5 Å². The van der Waals surface area contributed by atoms with Crippen LogP contribution < -0.4 is 30.7 Å². The Hall–Kier alpha value is -4.79. The zero-order valence-corrected chi connectivity index (χ0v) is 20.0. The fourth-order valence-corrected chi connectivity index (χ4v) is 3.65. The van der Waals surface area contributed by atoms with Gasteiger partial charge in [0.2, 0.25) is 5.95 Å². The van der Waals surface area contributed by atoms with Crippen LogP contribution in [0.15, 0.2) is 72.8 Å². The number of carbonyl (C=O) groups excluding carboxylic acids is 1. The molecule has 0 bridgehead atoms. The topological polar surface area (TPSA) is 109 Å². The van der Waals surface area contributed by atoms with Gasteiger partial charge in [0, 0.05) is 40.6 Å². The lowest BCUT2D eigenvalue weighted by Gasteiger charge is -2.19. The Balaban J connectivity index is 1.19. The zero-order chi connectivity index (χ0) is 24.9. The number of aryl methyl sites for hydroxylation is 2. The molecule has 0 aliphatic carbocycles. The number of urea groups is 1. The number of amides is 2. The SMILES string of the molecule is Cc1ccc(Nc2cc(C)nc(Nc3ccc(NC(=O)Nc4ccc5c(c4)OCCO5)cc3)n2)cc1. The van der Waals surface area contributed by atoms with Crippen molar-refractivity contribution >= 4 is 40.5 Å². The predicted octanol–water partition coefficient (Wildman–Crippen LogP) is 6.00. The van der Waals surface area contributed by atoms with Gasteiger partial charge in [0.05, 0.1) is 0 Å². The molecule has 182 valence electrons. The lowest BCUT2D eigenvalue weighted by Crippen LogP contribution is -2.20. The molecule has 0 atom stereocenters. The minimum atomic E-state index is -0.360. The molecule has 0 saturated carbocycles. The molecule has 9 nitrogen and oxygen atoms in total. The van der Waals surface area contributed by atoms with E-state index in [9.17, 15) is 4.79 Å². The van der Waals surface area contributed by atoms with Crippen molar-refractivity contribution in [1.29, 1.82) is 0 Å². The Morgan fingerprint density at radius 2 is 1.31 bits per heavy atom. The van der Waals surface area contributed by atoms with Crippen LogP contribution >= 0.6 is 0 Å². The Labute approximate surface area is 208 Å². The van der Waals surface area contributed by atoms with E-state index < -0.39 is 0 Å². The lowest BCUT2D eigenvalue weighted by molar-refractivity contribution is 0.171. The van der Waals surface area contributed by atoms with Crippen molar-refractivity contribution in [3.05, 3.63) is 84.1 Å². The first kappa shape index (κ1) is 23.0. The van der Waals surface area contributed by atoms with Crippen LogP contribution in [0.3, 0.4) is 0 Å². The molecule has 4 aromatic rings. The quantitative estimate of drug-likeness (QED) is 0.267. The highest BCUT2D eigenvalue weighted by atomic mass is 16.6. The van der Waals surface area contributed by atoms with Crippen LogP contribution in [0.4, 0.5) is 39.3 Å². The van der Waals surface area contributed by atoms with Gasteiger partial charge in [-0.1, -0.05) is 17.7 Å². The summed E-state index contributed by atoms with van der Waals surface area (Å²) in [5.74, 6) is 2.46. The van der Waals surface area contributed by atoms with Gasteiger partial charge in [-0.15, -0.1) is 0 Å².